The Hall–Kier alpha value is -2.10. The lowest BCUT2D eigenvalue weighted by atomic mass is 9.95. The van der Waals surface area contributed by atoms with Crippen molar-refractivity contribution in [3.8, 4) is 11.9 Å². The number of aliphatic imine (C=N–C) groups is 1. The van der Waals surface area contributed by atoms with E-state index in [2.05, 4.69) is 43.5 Å². The average Bonchev–Trinajstić information content (AvgIpc) is 2.98. The SMILES string of the molecule is CCCn1cc(C(C)(C)C)s/c1=N\C(=NC#N)c1cc(Cl)ccc1OC. The molecule has 26 heavy (non-hydrogen) atoms. The molecule has 0 saturated carbocycles. The van der Waals surface area contributed by atoms with Gasteiger partial charge in [0.2, 0.25) is 6.19 Å². The van der Waals surface area contributed by atoms with E-state index in [1.54, 1.807) is 36.6 Å². The van der Waals surface area contributed by atoms with E-state index in [-0.39, 0.29) is 5.41 Å². The number of nitriles is 1. The summed E-state index contributed by atoms with van der Waals surface area (Å²) in [4.78, 5) is 10.6. The summed E-state index contributed by atoms with van der Waals surface area (Å²) in [5.74, 6) is 0.862. The minimum absolute atomic E-state index is 0.0220. The molecule has 0 atom stereocenters. The number of hydrogen-bond acceptors (Lipinski definition) is 4. The van der Waals surface area contributed by atoms with Gasteiger partial charge in [-0.2, -0.15) is 15.2 Å². The van der Waals surface area contributed by atoms with Crippen molar-refractivity contribution in [1.29, 1.82) is 5.26 Å². The van der Waals surface area contributed by atoms with E-state index in [0.29, 0.717) is 22.2 Å². The quantitative estimate of drug-likeness (QED) is 0.429. The van der Waals surface area contributed by atoms with Gasteiger partial charge in [0.25, 0.3) is 0 Å². The van der Waals surface area contributed by atoms with E-state index in [0.717, 1.165) is 17.8 Å². The van der Waals surface area contributed by atoms with Crippen molar-refractivity contribution in [3.05, 3.63) is 44.7 Å². The van der Waals surface area contributed by atoms with Crippen LogP contribution in [-0.2, 0) is 12.0 Å². The zero-order valence-corrected chi connectivity index (χ0v) is 17.3. The minimum atomic E-state index is 0.0220. The van der Waals surface area contributed by atoms with Gasteiger partial charge in [-0.3, -0.25) is 0 Å². The molecule has 1 aromatic heterocycles. The van der Waals surface area contributed by atoms with Gasteiger partial charge in [0.1, 0.15) is 5.75 Å². The summed E-state index contributed by atoms with van der Waals surface area (Å²) in [6, 6.07) is 5.19. The maximum Gasteiger partial charge on any atom is 0.207 e. The molecule has 0 bridgehead atoms. The number of nitrogens with zero attached hydrogens (tertiary/aromatic N) is 4. The van der Waals surface area contributed by atoms with E-state index >= 15 is 0 Å². The van der Waals surface area contributed by atoms with Gasteiger partial charge in [-0.1, -0.05) is 39.3 Å². The topological polar surface area (TPSA) is 62.7 Å². The first-order chi connectivity index (χ1) is 12.3. The Morgan fingerprint density at radius 1 is 1.38 bits per heavy atom. The molecule has 0 N–H and O–H groups in total. The van der Waals surface area contributed by atoms with Crippen molar-refractivity contribution < 1.29 is 4.74 Å². The Morgan fingerprint density at radius 2 is 2.12 bits per heavy atom. The summed E-state index contributed by atoms with van der Waals surface area (Å²) < 4.78 is 7.50. The molecule has 2 rings (SSSR count). The number of aromatic nitrogens is 1. The van der Waals surface area contributed by atoms with Crippen molar-refractivity contribution in [2.24, 2.45) is 9.98 Å². The number of halogens is 1. The van der Waals surface area contributed by atoms with Crippen LogP contribution in [0.15, 0.2) is 34.4 Å². The van der Waals surface area contributed by atoms with Crippen molar-refractivity contribution in [2.75, 3.05) is 7.11 Å². The van der Waals surface area contributed by atoms with Gasteiger partial charge >= 0.3 is 0 Å². The highest BCUT2D eigenvalue weighted by Gasteiger charge is 2.18. The molecule has 2 aromatic rings. The van der Waals surface area contributed by atoms with Crippen LogP contribution in [0.25, 0.3) is 0 Å². The molecule has 0 saturated heterocycles. The van der Waals surface area contributed by atoms with Gasteiger partial charge in [0.05, 0.1) is 12.7 Å². The molecule has 1 aromatic carbocycles. The lowest BCUT2D eigenvalue weighted by Crippen LogP contribution is -2.16. The monoisotopic (exact) mass is 390 g/mol. The first kappa shape index (κ1) is 20.2. The minimum Gasteiger partial charge on any atom is -0.496 e. The Balaban J connectivity index is 2.68. The normalized spacial score (nSPS) is 13.0. The van der Waals surface area contributed by atoms with Crippen LogP contribution in [0.5, 0.6) is 5.75 Å². The lowest BCUT2D eigenvalue weighted by Gasteiger charge is -2.14. The summed E-state index contributed by atoms with van der Waals surface area (Å²) in [5.41, 5.74) is 0.615. The summed E-state index contributed by atoms with van der Waals surface area (Å²) in [5, 5.41) is 9.67. The average molecular weight is 391 g/mol. The van der Waals surface area contributed by atoms with E-state index in [1.807, 2.05) is 6.19 Å². The number of amidine groups is 1. The molecule has 138 valence electrons. The summed E-state index contributed by atoms with van der Waals surface area (Å²) in [7, 11) is 1.57. The number of aryl methyl sites for hydroxylation is 1. The summed E-state index contributed by atoms with van der Waals surface area (Å²) >= 11 is 7.73. The summed E-state index contributed by atoms with van der Waals surface area (Å²) in [6.07, 6.45) is 4.95. The second kappa shape index (κ2) is 8.52. The first-order valence-electron chi connectivity index (χ1n) is 8.36. The number of thiazole rings is 1. The fourth-order valence-corrected chi connectivity index (χ4v) is 3.60. The third-order valence-electron chi connectivity index (χ3n) is 3.68. The largest absolute Gasteiger partial charge is 0.496 e. The number of rotatable bonds is 4. The highest BCUT2D eigenvalue weighted by Crippen LogP contribution is 2.26. The molecule has 5 nitrogen and oxygen atoms in total. The van der Waals surface area contributed by atoms with Crippen LogP contribution in [0, 0.1) is 11.5 Å². The second-order valence-corrected chi connectivity index (χ2v) is 8.26. The molecule has 0 spiro atoms. The van der Waals surface area contributed by atoms with E-state index in [9.17, 15) is 0 Å². The van der Waals surface area contributed by atoms with Crippen LogP contribution in [0.4, 0.5) is 0 Å². The smallest absolute Gasteiger partial charge is 0.207 e. The standard InChI is InChI=1S/C19H23ClN4OS/c1-6-9-24-11-16(19(2,3)4)26-18(24)23-17(22-12-21)14-10-13(20)7-8-15(14)25-5/h7-8,10-11H,6,9H2,1-5H3/b22-17?,23-18-. The third-order valence-corrected chi connectivity index (χ3v) is 5.36. The number of ether oxygens (including phenoxy) is 1. The van der Waals surface area contributed by atoms with Crippen molar-refractivity contribution >= 4 is 28.8 Å². The van der Waals surface area contributed by atoms with E-state index < -0.39 is 0 Å². The van der Waals surface area contributed by atoms with Crippen LogP contribution in [-0.4, -0.2) is 17.5 Å². The van der Waals surface area contributed by atoms with Gasteiger partial charge < -0.3 is 9.30 Å². The third kappa shape index (κ3) is 4.75. The van der Waals surface area contributed by atoms with E-state index in [1.165, 1.54) is 4.88 Å². The van der Waals surface area contributed by atoms with Gasteiger partial charge in [-0.25, -0.2) is 0 Å². The zero-order valence-electron chi connectivity index (χ0n) is 15.7. The predicted octanol–water partition coefficient (Wildman–Crippen LogP) is 4.75. The maximum absolute atomic E-state index is 9.14. The fraction of sp³-hybridized carbons (Fsp3) is 0.421. The van der Waals surface area contributed by atoms with Crippen LogP contribution < -0.4 is 9.54 Å². The Morgan fingerprint density at radius 3 is 2.69 bits per heavy atom. The van der Waals surface area contributed by atoms with Crippen LogP contribution in [0.3, 0.4) is 0 Å². The van der Waals surface area contributed by atoms with Crippen molar-refractivity contribution in [3.63, 3.8) is 0 Å². The molecule has 7 heteroatoms. The zero-order chi connectivity index (χ0) is 19.3. The van der Waals surface area contributed by atoms with Crippen LogP contribution in [0.2, 0.25) is 5.02 Å². The molecule has 1 heterocycles. The van der Waals surface area contributed by atoms with Crippen molar-refractivity contribution in [2.45, 2.75) is 46.1 Å². The Kier molecular flexibility index (Phi) is 6.63. The van der Waals surface area contributed by atoms with Crippen molar-refractivity contribution in [1.82, 2.24) is 4.57 Å². The van der Waals surface area contributed by atoms with Gasteiger partial charge in [-0.05, 0) is 30.0 Å². The molecular weight excluding hydrogens is 368 g/mol. The molecule has 0 aliphatic rings. The molecule has 0 radical (unpaired) electrons. The lowest BCUT2D eigenvalue weighted by molar-refractivity contribution is 0.414. The molecule has 0 unspecified atom stereocenters. The van der Waals surface area contributed by atoms with E-state index in [4.69, 9.17) is 26.6 Å². The Labute approximate surface area is 163 Å². The molecule has 0 amide bonds. The maximum atomic E-state index is 9.14. The van der Waals surface area contributed by atoms with Gasteiger partial charge in [0.15, 0.2) is 10.6 Å². The summed E-state index contributed by atoms with van der Waals surface area (Å²) in [6.45, 7) is 9.48. The molecule has 0 fully saturated rings. The number of methoxy groups -OCH3 is 1. The van der Waals surface area contributed by atoms with Crippen LogP contribution >= 0.6 is 22.9 Å². The predicted molar refractivity (Wildman–Crippen MR) is 107 cm³/mol. The van der Waals surface area contributed by atoms with Gasteiger partial charge in [-0.15, -0.1) is 11.3 Å². The first-order valence-corrected chi connectivity index (χ1v) is 9.55. The highest BCUT2D eigenvalue weighted by molar-refractivity contribution is 7.09. The molecule has 0 aliphatic carbocycles. The Bertz CT molecular complexity index is 913. The number of hydrogen-bond donors (Lipinski definition) is 0. The van der Waals surface area contributed by atoms with Crippen LogP contribution in [0.1, 0.15) is 44.6 Å². The fourth-order valence-electron chi connectivity index (χ4n) is 2.35. The highest BCUT2D eigenvalue weighted by atomic mass is 35.5. The number of benzene rings is 1. The molecule has 0 aliphatic heterocycles. The molecular formula is C19H23ClN4OS. The van der Waals surface area contributed by atoms with Gasteiger partial charge in [0, 0.05) is 22.6 Å². The second-order valence-electron chi connectivity index (χ2n) is 6.81.